The molecule has 0 spiro atoms. The number of carboxylic acids is 1. The molecule has 162 valence electrons. The van der Waals surface area contributed by atoms with Gasteiger partial charge < -0.3 is 14.7 Å². The highest BCUT2D eigenvalue weighted by atomic mass is 35.5. The molecule has 5 nitrogen and oxygen atoms in total. The number of likely N-dealkylation sites (tertiary alicyclic amines) is 1. The summed E-state index contributed by atoms with van der Waals surface area (Å²) < 4.78 is 19.3. The van der Waals surface area contributed by atoms with Crippen molar-refractivity contribution in [2.45, 2.75) is 38.5 Å². The van der Waals surface area contributed by atoms with Crippen molar-refractivity contribution in [2.24, 2.45) is 0 Å². The summed E-state index contributed by atoms with van der Waals surface area (Å²) in [5.74, 6) is -0.527. The van der Waals surface area contributed by atoms with Gasteiger partial charge in [0.1, 0.15) is 18.0 Å². The fourth-order valence-electron chi connectivity index (χ4n) is 4.06. The van der Waals surface area contributed by atoms with Crippen LogP contribution in [0.5, 0.6) is 5.75 Å². The number of carbonyl (C=O) groups is 2. The van der Waals surface area contributed by atoms with Gasteiger partial charge in [-0.2, -0.15) is 0 Å². The lowest BCUT2D eigenvalue weighted by Crippen LogP contribution is -2.28. The summed E-state index contributed by atoms with van der Waals surface area (Å²) in [6.07, 6.45) is 1.67. The maximum atomic E-state index is 13.4. The summed E-state index contributed by atoms with van der Waals surface area (Å²) >= 11 is 6.45. The minimum absolute atomic E-state index is 0.151. The van der Waals surface area contributed by atoms with Gasteiger partial charge in [0.25, 0.3) is 5.91 Å². The minimum Gasteiger partial charge on any atom is -0.484 e. The number of carboxylic acid groups (broad SMARTS) is 1. The van der Waals surface area contributed by atoms with Crippen LogP contribution in [-0.4, -0.2) is 47.2 Å². The number of nitrogens with zero attached hydrogens (tertiary/aromatic N) is 1. The van der Waals surface area contributed by atoms with Crippen molar-refractivity contribution in [3.8, 4) is 16.9 Å². The molecular weight excluding hydrogens is 421 g/mol. The third kappa shape index (κ3) is 4.44. The zero-order valence-electron chi connectivity index (χ0n) is 17.1. The van der Waals surface area contributed by atoms with Gasteiger partial charge in [0.15, 0.2) is 0 Å². The van der Waals surface area contributed by atoms with E-state index < -0.39 is 12.1 Å². The molecule has 2 atom stereocenters. The first-order valence-electron chi connectivity index (χ1n) is 10.3. The molecule has 1 N–H and O–H groups in total. The van der Waals surface area contributed by atoms with Crippen LogP contribution in [0.3, 0.4) is 0 Å². The summed E-state index contributed by atoms with van der Waals surface area (Å²) in [7, 11) is 0. The Hall–Kier alpha value is -2.86. The van der Waals surface area contributed by atoms with E-state index in [1.54, 1.807) is 36.1 Å². The van der Waals surface area contributed by atoms with Gasteiger partial charge in [-0.1, -0.05) is 30.7 Å². The number of rotatable bonds is 5. The highest BCUT2D eigenvalue weighted by molar-refractivity contribution is 6.32. The van der Waals surface area contributed by atoms with Crippen molar-refractivity contribution in [1.82, 2.24) is 4.90 Å². The smallest absolute Gasteiger partial charge is 0.331 e. The van der Waals surface area contributed by atoms with Gasteiger partial charge in [-0.25, -0.2) is 9.18 Å². The second kappa shape index (κ2) is 8.71. The summed E-state index contributed by atoms with van der Waals surface area (Å²) in [4.78, 5) is 25.3. The van der Waals surface area contributed by atoms with E-state index in [0.29, 0.717) is 47.7 Å². The van der Waals surface area contributed by atoms with Gasteiger partial charge in [0, 0.05) is 29.7 Å². The molecule has 0 radical (unpaired) electrons. The zero-order chi connectivity index (χ0) is 22.1. The van der Waals surface area contributed by atoms with E-state index in [1.807, 2.05) is 18.2 Å². The SMILES string of the molecule is CC/C(=C\C1Cc2cc(-c3ccc(C(=O)N4CC[C@@H](F)C4)cc3)cc(Cl)c2O1)C(=O)O. The fourth-order valence-corrected chi connectivity index (χ4v) is 4.34. The number of fused-ring (bicyclic) bond motifs is 1. The Kier molecular flexibility index (Phi) is 6.01. The van der Waals surface area contributed by atoms with Gasteiger partial charge >= 0.3 is 5.97 Å². The maximum Gasteiger partial charge on any atom is 0.331 e. The number of amides is 1. The standard InChI is InChI=1S/C24H23ClFNO4/c1-2-14(24(29)30)10-20-11-18-9-17(12-21(25)22(18)31-20)15-3-5-16(6-4-15)23(28)27-8-7-19(26)13-27/h3-6,9-10,12,19-20H,2,7-8,11,13H2,1H3,(H,29,30)/b14-10+/t19-,20?/m1/s1. The number of carbonyl (C=O) groups excluding carboxylic acids is 1. The molecular formula is C24H23ClFNO4. The summed E-state index contributed by atoms with van der Waals surface area (Å²) in [5, 5.41) is 9.71. The average molecular weight is 444 g/mol. The highest BCUT2D eigenvalue weighted by Gasteiger charge is 2.27. The Labute approximate surface area is 185 Å². The summed E-state index contributed by atoms with van der Waals surface area (Å²) in [6, 6.07) is 11.0. The largest absolute Gasteiger partial charge is 0.484 e. The number of hydrogen-bond donors (Lipinski definition) is 1. The lowest BCUT2D eigenvalue weighted by Gasteiger charge is -2.15. The first-order chi connectivity index (χ1) is 14.9. The van der Waals surface area contributed by atoms with Crippen LogP contribution in [-0.2, 0) is 11.2 Å². The predicted octanol–water partition coefficient (Wildman–Crippen LogP) is 4.92. The number of aliphatic carboxylic acids is 1. The summed E-state index contributed by atoms with van der Waals surface area (Å²) in [6.45, 7) is 2.39. The summed E-state index contributed by atoms with van der Waals surface area (Å²) in [5.41, 5.74) is 3.53. The Morgan fingerprint density at radius 1 is 1.26 bits per heavy atom. The molecule has 1 saturated heterocycles. The normalized spacial score (nSPS) is 20.5. The topological polar surface area (TPSA) is 66.8 Å². The van der Waals surface area contributed by atoms with Crippen molar-refractivity contribution >= 4 is 23.5 Å². The van der Waals surface area contributed by atoms with Crippen LogP contribution < -0.4 is 4.74 Å². The molecule has 1 amide bonds. The van der Waals surface area contributed by atoms with E-state index in [4.69, 9.17) is 16.3 Å². The van der Waals surface area contributed by atoms with E-state index in [-0.39, 0.29) is 18.6 Å². The van der Waals surface area contributed by atoms with Gasteiger partial charge in [-0.05, 0) is 54.3 Å². The van der Waals surface area contributed by atoms with Crippen molar-refractivity contribution in [2.75, 3.05) is 13.1 Å². The lowest BCUT2D eigenvalue weighted by molar-refractivity contribution is -0.132. The molecule has 1 unspecified atom stereocenters. The van der Waals surface area contributed by atoms with Crippen molar-refractivity contribution < 1.29 is 23.8 Å². The van der Waals surface area contributed by atoms with E-state index >= 15 is 0 Å². The second-order valence-electron chi connectivity index (χ2n) is 7.87. The molecule has 0 aliphatic carbocycles. The van der Waals surface area contributed by atoms with Gasteiger partial charge in [-0.15, -0.1) is 0 Å². The van der Waals surface area contributed by atoms with E-state index in [0.717, 1.165) is 16.7 Å². The number of alkyl halides is 1. The molecule has 2 aromatic carbocycles. The second-order valence-corrected chi connectivity index (χ2v) is 8.28. The Balaban J connectivity index is 1.53. The molecule has 0 saturated carbocycles. The number of benzene rings is 2. The Morgan fingerprint density at radius 2 is 2.00 bits per heavy atom. The minimum atomic E-state index is -0.945. The molecule has 0 bridgehead atoms. The van der Waals surface area contributed by atoms with Crippen LogP contribution in [0.2, 0.25) is 5.02 Å². The first kappa shape index (κ1) is 21.4. The number of ether oxygens (including phenoxy) is 1. The van der Waals surface area contributed by atoms with Gasteiger partial charge in [-0.3, -0.25) is 4.79 Å². The predicted molar refractivity (Wildman–Crippen MR) is 116 cm³/mol. The van der Waals surface area contributed by atoms with Gasteiger partial charge in [0.05, 0.1) is 11.6 Å². The van der Waals surface area contributed by atoms with Gasteiger partial charge in [0.2, 0.25) is 0 Å². The lowest BCUT2D eigenvalue weighted by atomic mass is 9.99. The van der Waals surface area contributed by atoms with Crippen LogP contribution in [0.25, 0.3) is 11.1 Å². The number of halogens is 2. The maximum absolute atomic E-state index is 13.4. The van der Waals surface area contributed by atoms with Crippen LogP contribution in [0.15, 0.2) is 48.0 Å². The Morgan fingerprint density at radius 3 is 2.61 bits per heavy atom. The number of hydrogen-bond acceptors (Lipinski definition) is 3. The van der Waals surface area contributed by atoms with E-state index in [9.17, 15) is 19.1 Å². The zero-order valence-corrected chi connectivity index (χ0v) is 17.9. The third-order valence-corrected chi connectivity index (χ3v) is 6.02. The highest BCUT2D eigenvalue weighted by Crippen LogP contribution is 2.40. The molecule has 2 aromatic rings. The first-order valence-corrected chi connectivity index (χ1v) is 10.7. The van der Waals surface area contributed by atoms with E-state index in [2.05, 4.69) is 0 Å². The van der Waals surface area contributed by atoms with Crippen LogP contribution in [0, 0.1) is 0 Å². The Bertz CT molecular complexity index is 1050. The van der Waals surface area contributed by atoms with Crippen LogP contribution in [0.1, 0.15) is 35.7 Å². The monoisotopic (exact) mass is 443 g/mol. The molecule has 2 aliphatic rings. The molecule has 2 heterocycles. The average Bonchev–Trinajstić information content (AvgIpc) is 3.37. The van der Waals surface area contributed by atoms with Crippen LogP contribution in [0.4, 0.5) is 4.39 Å². The van der Waals surface area contributed by atoms with Crippen molar-refractivity contribution in [3.05, 3.63) is 64.2 Å². The molecule has 1 fully saturated rings. The third-order valence-electron chi connectivity index (χ3n) is 5.74. The molecule has 0 aromatic heterocycles. The molecule has 7 heteroatoms. The van der Waals surface area contributed by atoms with Crippen LogP contribution >= 0.6 is 11.6 Å². The van der Waals surface area contributed by atoms with Crippen molar-refractivity contribution in [3.63, 3.8) is 0 Å². The van der Waals surface area contributed by atoms with E-state index in [1.165, 1.54) is 0 Å². The molecule has 2 aliphatic heterocycles. The molecule has 4 rings (SSSR count). The van der Waals surface area contributed by atoms with Crippen molar-refractivity contribution in [1.29, 1.82) is 0 Å². The molecule has 31 heavy (non-hydrogen) atoms. The quantitative estimate of drug-likeness (QED) is 0.666. The fraction of sp³-hybridized carbons (Fsp3) is 0.333.